The molecule has 2 aliphatic rings. The second-order valence-electron chi connectivity index (χ2n) is 5.34. The minimum absolute atomic E-state index is 0.273. The first-order valence-electron chi connectivity index (χ1n) is 6.75. The Morgan fingerprint density at radius 2 is 1.72 bits per heavy atom. The average molecular weight is 247 g/mol. The molecule has 2 bridgehead atoms. The lowest BCUT2D eigenvalue weighted by Gasteiger charge is -2.42. The van der Waals surface area contributed by atoms with Gasteiger partial charge in [0.05, 0.1) is 6.61 Å². The van der Waals surface area contributed by atoms with Crippen LogP contribution in [0.2, 0.25) is 0 Å². The summed E-state index contributed by atoms with van der Waals surface area (Å²) < 4.78 is 0. The third kappa shape index (κ3) is 2.06. The molecule has 18 heavy (non-hydrogen) atoms. The van der Waals surface area contributed by atoms with Gasteiger partial charge in [-0.2, -0.15) is 0 Å². The topological polar surface area (TPSA) is 52.7 Å². The molecule has 0 radical (unpaired) electrons. The molecule has 4 nitrogen and oxygen atoms in total. The maximum atomic E-state index is 9.13. The zero-order valence-electron chi connectivity index (χ0n) is 10.6. The number of fused-ring (bicyclic) bond motifs is 2. The second kappa shape index (κ2) is 4.78. The van der Waals surface area contributed by atoms with Crippen LogP contribution in [0.5, 0.6) is 0 Å². The van der Waals surface area contributed by atoms with Gasteiger partial charge in [0.25, 0.3) is 0 Å². The molecular weight excluding hydrogens is 226 g/mol. The molecule has 2 unspecified atom stereocenters. The molecular formula is C14H21N3O. The normalized spacial score (nSPS) is 27.7. The molecule has 0 spiro atoms. The predicted octanol–water partition coefficient (Wildman–Crippen LogP) is 0.914. The van der Waals surface area contributed by atoms with Crippen LogP contribution in [0.25, 0.3) is 0 Å². The lowest BCUT2D eigenvalue weighted by Crippen LogP contribution is -2.54. The number of benzene rings is 1. The first kappa shape index (κ1) is 11.8. The van der Waals surface area contributed by atoms with E-state index in [4.69, 9.17) is 10.8 Å². The SMILES string of the molecule is Nc1ccc(N2CC3CCC(C2)N3CCO)cc1. The monoisotopic (exact) mass is 247 g/mol. The molecule has 0 saturated carbocycles. The van der Waals surface area contributed by atoms with Crippen LogP contribution < -0.4 is 10.6 Å². The molecule has 98 valence electrons. The second-order valence-corrected chi connectivity index (χ2v) is 5.34. The summed E-state index contributed by atoms with van der Waals surface area (Å²) in [7, 11) is 0. The number of nitrogen functional groups attached to an aromatic ring is 1. The molecule has 1 aromatic rings. The van der Waals surface area contributed by atoms with E-state index in [-0.39, 0.29) is 6.61 Å². The third-order valence-electron chi connectivity index (χ3n) is 4.25. The van der Waals surface area contributed by atoms with Crippen LogP contribution in [-0.2, 0) is 0 Å². The van der Waals surface area contributed by atoms with Crippen LogP contribution in [0.4, 0.5) is 11.4 Å². The molecule has 2 atom stereocenters. The number of nitrogens with zero attached hydrogens (tertiary/aromatic N) is 2. The standard InChI is InChI=1S/C14H21N3O/c15-11-1-3-12(4-2-11)16-9-13-5-6-14(10-16)17(13)7-8-18/h1-4,13-14,18H,5-10,15H2. The summed E-state index contributed by atoms with van der Waals surface area (Å²) in [5, 5.41) is 9.13. The summed E-state index contributed by atoms with van der Waals surface area (Å²) in [6.45, 7) is 3.24. The molecule has 3 rings (SSSR count). The van der Waals surface area contributed by atoms with Gasteiger partial charge in [-0.25, -0.2) is 0 Å². The molecule has 0 amide bonds. The Morgan fingerprint density at radius 3 is 2.28 bits per heavy atom. The number of hydrogen-bond donors (Lipinski definition) is 2. The first-order chi connectivity index (χ1) is 8.78. The van der Waals surface area contributed by atoms with Crippen molar-refractivity contribution in [3.05, 3.63) is 24.3 Å². The molecule has 1 aromatic carbocycles. The van der Waals surface area contributed by atoms with Crippen molar-refractivity contribution in [2.75, 3.05) is 36.9 Å². The summed E-state index contributed by atoms with van der Waals surface area (Å²) in [6.07, 6.45) is 2.52. The van der Waals surface area contributed by atoms with Gasteiger partial charge in [-0.3, -0.25) is 4.90 Å². The van der Waals surface area contributed by atoms with E-state index in [0.29, 0.717) is 12.1 Å². The van der Waals surface area contributed by atoms with Gasteiger partial charge in [-0.15, -0.1) is 0 Å². The van der Waals surface area contributed by atoms with Crippen molar-refractivity contribution in [1.82, 2.24) is 4.90 Å². The summed E-state index contributed by atoms with van der Waals surface area (Å²) >= 11 is 0. The largest absolute Gasteiger partial charge is 0.399 e. The average Bonchev–Trinajstić information content (AvgIpc) is 2.62. The fourth-order valence-electron chi connectivity index (χ4n) is 3.37. The van der Waals surface area contributed by atoms with E-state index in [9.17, 15) is 0 Å². The third-order valence-corrected chi connectivity index (χ3v) is 4.25. The van der Waals surface area contributed by atoms with E-state index in [2.05, 4.69) is 21.9 Å². The van der Waals surface area contributed by atoms with Gasteiger partial charge in [-0.1, -0.05) is 0 Å². The van der Waals surface area contributed by atoms with E-state index < -0.39 is 0 Å². The number of aliphatic hydroxyl groups excluding tert-OH is 1. The highest BCUT2D eigenvalue weighted by Crippen LogP contribution is 2.32. The quantitative estimate of drug-likeness (QED) is 0.780. The minimum atomic E-state index is 0.273. The van der Waals surface area contributed by atoms with Crippen molar-refractivity contribution in [3.63, 3.8) is 0 Å². The maximum absolute atomic E-state index is 9.13. The van der Waals surface area contributed by atoms with Crippen molar-refractivity contribution >= 4 is 11.4 Å². The molecule has 3 N–H and O–H groups in total. The van der Waals surface area contributed by atoms with Crippen molar-refractivity contribution in [2.24, 2.45) is 0 Å². The number of hydrogen-bond acceptors (Lipinski definition) is 4. The molecule has 2 heterocycles. The predicted molar refractivity (Wildman–Crippen MR) is 73.7 cm³/mol. The van der Waals surface area contributed by atoms with Crippen molar-refractivity contribution in [1.29, 1.82) is 0 Å². The molecule has 2 fully saturated rings. The van der Waals surface area contributed by atoms with E-state index in [0.717, 1.165) is 25.3 Å². The lowest BCUT2D eigenvalue weighted by molar-refractivity contribution is 0.131. The first-order valence-corrected chi connectivity index (χ1v) is 6.75. The summed E-state index contributed by atoms with van der Waals surface area (Å²) in [4.78, 5) is 4.93. The summed E-state index contributed by atoms with van der Waals surface area (Å²) in [5.41, 5.74) is 7.82. The Bertz CT molecular complexity index is 392. The molecule has 0 aromatic heterocycles. The highest BCUT2D eigenvalue weighted by atomic mass is 16.3. The number of nitrogens with two attached hydrogens (primary N) is 1. The summed E-state index contributed by atoms with van der Waals surface area (Å²) in [6, 6.07) is 9.36. The fraction of sp³-hybridized carbons (Fsp3) is 0.571. The van der Waals surface area contributed by atoms with Crippen molar-refractivity contribution in [3.8, 4) is 0 Å². The van der Waals surface area contributed by atoms with Crippen LogP contribution in [0.1, 0.15) is 12.8 Å². The van der Waals surface area contributed by atoms with E-state index in [1.54, 1.807) is 0 Å². The zero-order chi connectivity index (χ0) is 12.5. The van der Waals surface area contributed by atoms with Gasteiger partial charge in [0.1, 0.15) is 0 Å². The van der Waals surface area contributed by atoms with E-state index in [1.165, 1.54) is 18.5 Å². The number of aliphatic hydroxyl groups is 1. The van der Waals surface area contributed by atoms with Gasteiger partial charge in [0.2, 0.25) is 0 Å². The Balaban J connectivity index is 1.73. The zero-order valence-corrected chi connectivity index (χ0v) is 10.6. The summed E-state index contributed by atoms with van der Waals surface area (Å²) in [5.74, 6) is 0. The Morgan fingerprint density at radius 1 is 1.11 bits per heavy atom. The number of rotatable bonds is 3. The molecule has 0 aliphatic carbocycles. The molecule has 2 aliphatic heterocycles. The van der Waals surface area contributed by atoms with E-state index >= 15 is 0 Å². The molecule has 2 saturated heterocycles. The number of piperazine rings is 1. The smallest absolute Gasteiger partial charge is 0.0558 e. The van der Waals surface area contributed by atoms with Crippen LogP contribution in [0, 0.1) is 0 Å². The van der Waals surface area contributed by atoms with Gasteiger partial charge < -0.3 is 15.7 Å². The lowest BCUT2D eigenvalue weighted by atomic mass is 10.1. The van der Waals surface area contributed by atoms with Crippen LogP contribution >= 0.6 is 0 Å². The Labute approximate surface area is 108 Å². The van der Waals surface area contributed by atoms with Crippen LogP contribution in [0.15, 0.2) is 24.3 Å². The van der Waals surface area contributed by atoms with Gasteiger partial charge in [-0.05, 0) is 37.1 Å². The fourth-order valence-corrected chi connectivity index (χ4v) is 3.37. The van der Waals surface area contributed by atoms with Crippen molar-refractivity contribution < 1.29 is 5.11 Å². The molecule has 4 heteroatoms. The Kier molecular flexibility index (Phi) is 3.14. The highest BCUT2D eigenvalue weighted by Gasteiger charge is 2.39. The van der Waals surface area contributed by atoms with Crippen LogP contribution in [-0.4, -0.2) is 48.3 Å². The van der Waals surface area contributed by atoms with Gasteiger partial charge in [0, 0.05) is 43.1 Å². The number of anilines is 2. The van der Waals surface area contributed by atoms with Crippen molar-refractivity contribution in [2.45, 2.75) is 24.9 Å². The highest BCUT2D eigenvalue weighted by molar-refractivity contribution is 5.53. The minimum Gasteiger partial charge on any atom is -0.399 e. The van der Waals surface area contributed by atoms with Gasteiger partial charge >= 0.3 is 0 Å². The van der Waals surface area contributed by atoms with E-state index in [1.807, 2.05) is 12.1 Å². The maximum Gasteiger partial charge on any atom is 0.0558 e. The Hall–Kier alpha value is -1.26. The van der Waals surface area contributed by atoms with Crippen LogP contribution in [0.3, 0.4) is 0 Å². The van der Waals surface area contributed by atoms with Gasteiger partial charge in [0.15, 0.2) is 0 Å².